The predicted molar refractivity (Wildman–Crippen MR) is 73.0 cm³/mol. The molecule has 0 spiro atoms. The minimum Gasteiger partial charge on any atom is -0.496 e. The number of rotatable bonds is 3. The van der Waals surface area contributed by atoms with Gasteiger partial charge in [-0.05, 0) is 24.6 Å². The van der Waals surface area contributed by atoms with Crippen LogP contribution < -0.4 is 10.5 Å². The Bertz CT molecular complexity index is 747. The van der Waals surface area contributed by atoms with Gasteiger partial charge in [0.15, 0.2) is 0 Å². The number of hydrogen-bond donors (Lipinski definition) is 2. The quantitative estimate of drug-likeness (QED) is 0.755. The van der Waals surface area contributed by atoms with Crippen LogP contribution in [-0.4, -0.2) is 27.4 Å². The Morgan fingerprint density at radius 1 is 1.30 bits per heavy atom. The molecule has 0 amide bonds. The first kappa shape index (κ1) is 12.2. The lowest BCUT2D eigenvalue weighted by atomic mass is 10.1. The van der Waals surface area contributed by atoms with E-state index in [-0.39, 0.29) is 0 Å². The van der Waals surface area contributed by atoms with Gasteiger partial charge < -0.3 is 15.0 Å². The van der Waals surface area contributed by atoms with E-state index in [9.17, 15) is 0 Å². The Kier molecular flexibility index (Phi) is 2.86. The number of methoxy groups -OCH3 is 1. The minimum atomic E-state index is 0.326. The molecule has 0 saturated carbocycles. The summed E-state index contributed by atoms with van der Waals surface area (Å²) in [7, 11) is 1.61. The van der Waals surface area contributed by atoms with Crippen LogP contribution in [0.4, 0.5) is 5.82 Å². The summed E-state index contributed by atoms with van der Waals surface area (Å²) in [6.45, 7) is 1.99. The molecular formula is C13H13N5O2. The molecule has 20 heavy (non-hydrogen) atoms. The molecule has 0 bridgehead atoms. The van der Waals surface area contributed by atoms with Crippen LogP contribution in [0.2, 0.25) is 0 Å². The Morgan fingerprint density at radius 2 is 2.15 bits per heavy atom. The fourth-order valence-corrected chi connectivity index (χ4v) is 1.87. The van der Waals surface area contributed by atoms with E-state index in [1.54, 1.807) is 13.2 Å². The van der Waals surface area contributed by atoms with Crippen molar-refractivity contribution in [3.8, 4) is 28.7 Å². The number of anilines is 1. The number of aromatic amines is 1. The van der Waals surface area contributed by atoms with E-state index < -0.39 is 0 Å². The first-order valence-electron chi connectivity index (χ1n) is 5.97. The first-order valence-corrected chi connectivity index (χ1v) is 5.97. The van der Waals surface area contributed by atoms with Crippen LogP contribution in [0.15, 0.2) is 28.8 Å². The Hall–Kier alpha value is -2.83. The van der Waals surface area contributed by atoms with Gasteiger partial charge in [0.05, 0.1) is 12.7 Å². The monoisotopic (exact) mass is 271 g/mol. The number of nitrogens with one attached hydrogen (secondary N) is 1. The topological polar surface area (TPSA) is 103 Å². The first-order chi connectivity index (χ1) is 9.67. The normalized spacial score (nSPS) is 10.7. The van der Waals surface area contributed by atoms with E-state index >= 15 is 0 Å². The lowest BCUT2D eigenvalue weighted by molar-refractivity contribution is 0.413. The van der Waals surface area contributed by atoms with Crippen LogP contribution >= 0.6 is 0 Å². The molecule has 0 aliphatic heterocycles. The zero-order chi connectivity index (χ0) is 14.1. The van der Waals surface area contributed by atoms with Gasteiger partial charge in [0.2, 0.25) is 5.82 Å². The second-order valence-corrected chi connectivity index (χ2v) is 4.33. The fourth-order valence-electron chi connectivity index (χ4n) is 1.87. The predicted octanol–water partition coefficient (Wildman–Crippen LogP) is 2.03. The van der Waals surface area contributed by atoms with Crippen LogP contribution in [0.1, 0.15) is 5.56 Å². The van der Waals surface area contributed by atoms with Gasteiger partial charge in [-0.25, -0.2) is 0 Å². The second-order valence-electron chi connectivity index (χ2n) is 4.33. The van der Waals surface area contributed by atoms with Gasteiger partial charge in [0.1, 0.15) is 17.3 Å². The van der Waals surface area contributed by atoms with Crippen molar-refractivity contribution in [2.75, 3.05) is 12.8 Å². The van der Waals surface area contributed by atoms with Crippen LogP contribution in [0, 0.1) is 6.92 Å². The summed E-state index contributed by atoms with van der Waals surface area (Å²) in [6, 6.07) is 7.40. The van der Waals surface area contributed by atoms with Gasteiger partial charge in [-0.2, -0.15) is 10.1 Å². The SMILES string of the molecule is COc1cc(C)ccc1-c1noc(-c2cc(N)n[nH]2)n1. The number of nitrogens with two attached hydrogens (primary N) is 1. The van der Waals surface area contributed by atoms with Crippen molar-refractivity contribution in [2.24, 2.45) is 0 Å². The van der Waals surface area contributed by atoms with E-state index in [4.69, 9.17) is 15.0 Å². The third-order valence-electron chi connectivity index (χ3n) is 2.85. The average molecular weight is 271 g/mol. The van der Waals surface area contributed by atoms with Gasteiger partial charge in [-0.3, -0.25) is 5.10 Å². The maximum atomic E-state index is 5.54. The van der Waals surface area contributed by atoms with Gasteiger partial charge >= 0.3 is 0 Å². The molecular weight excluding hydrogens is 258 g/mol. The number of nitrogen functional groups attached to an aromatic ring is 1. The summed E-state index contributed by atoms with van der Waals surface area (Å²) in [4.78, 5) is 4.32. The molecule has 3 aromatic rings. The number of benzene rings is 1. The standard InChI is InChI=1S/C13H13N5O2/c1-7-3-4-8(10(5-7)19-2)12-15-13(20-18-12)9-6-11(14)17-16-9/h3-6H,1-2H3,(H3,14,16,17). The molecule has 0 unspecified atom stereocenters. The molecule has 2 heterocycles. The smallest absolute Gasteiger partial charge is 0.276 e. The minimum absolute atomic E-state index is 0.326. The number of aromatic nitrogens is 4. The van der Waals surface area contributed by atoms with E-state index in [0.29, 0.717) is 29.0 Å². The van der Waals surface area contributed by atoms with Crippen LogP contribution in [-0.2, 0) is 0 Å². The van der Waals surface area contributed by atoms with Crippen LogP contribution in [0.5, 0.6) is 5.75 Å². The number of aryl methyl sites for hydroxylation is 1. The molecule has 3 N–H and O–H groups in total. The second kappa shape index (κ2) is 4.69. The van der Waals surface area contributed by atoms with E-state index in [0.717, 1.165) is 11.1 Å². The summed E-state index contributed by atoms with van der Waals surface area (Å²) >= 11 is 0. The Morgan fingerprint density at radius 3 is 2.85 bits per heavy atom. The fraction of sp³-hybridized carbons (Fsp3) is 0.154. The maximum absolute atomic E-state index is 5.54. The molecule has 2 aromatic heterocycles. The third kappa shape index (κ3) is 2.09. The molecule has 0 fully saturated rings. The molecule has 0 radical (unpaired) electrons. The van der Waals surface area contributed by atoms with Gasteiger partial charge in [0, 0.05) is 6.07 Å². The number of nitrogens with zero attached hydrogens (tertiary/aromatic N) is 3. The summed E-state index contributed by atoms with van der Waals surface area (Å²) in [5, 5.41) is 10.5. The summed E-state index contributed by atoms with van der Waals surface area (Å²) < 4.78 is 10.5. The molecule has 7 heteroatoms. The number of ether oxygens (including phenoxy) is 1. The van der Waals surface area contributed by atoms with Crippen molar-refractivity contribution in [1.29, 1.82) is 0 Å². The van der Waals surface area contributed by atoms with Crippen molar-refractivity contribution in [3.63, 3.8) is 0 Å². The van der Waals surface area contributed by atoms with Gasteiger partial charge in [0.25, 0.3) is 5.89 Å². The molecule has 0 aliphatic rings. The van der Waals surface area contributed by atoms with E-state index in [1.807, 2.05) is 25.1 Å². The zero-order valence-electron chi connectivity index (χ0n) is 11.0. The molecule has 102 valence electrons. The highest BCUT2D eigenvalue weighted by Gasteiger charge is 2.15. The molecule has 0 saturated heterocycles. The lowest BCUT2D eigenvalue weighted by Crippen LogP contribution is -1.90. The summed E-state index contributed by atoms with van der Waals surface area (Å²) in [6.07, 6.45) is 0. The third-order valence-corrected chi connectivity index (χ3v) is 2.85. The molecule has 0 atom stereocenters. The highest BCUT2D eigenvalue weighted by Crippen LogP contribution is 2.30. The van der Waals surface area contributed by atoms with Crippen LogP contribution in [0.25, 0.3) is 23.0 Å². The molecule has 7 nitrogen and oxygen atoms in total. The lowest BCUT2D eigenvalue weighted by Gasteiger charge is -2.05. The summed E-state index contributed by atoms with van der Waals surface area (Å²) in [5.41, 5.74) is 7.98. The van der Waals surface area contributed by atoms with Crippen molar-refractivity contribution >= 4 is 5.82 Å². The van der Waals surface area contributed by atoms with Crippen molar-refractivity contribution in [2.45, 2.75) is 6.92 Å². The van der Waals surface area contributed by atoms with Crippen LogP contribution in [0.3, 0.4) is 0 Å². The molecule has 0 aliphatic carbocycles. The van der Waals surface area contributed by atoms with Crippen molar-refractivity contribution in [1.82, 2.24) is 20.3 Å². The van der Waals surface area contributed by atoms with E-state index in [2.05, 4.69) is 20.3 Å². The van der Waals surface area contributed by atoms with Gasteiger partial charge in [-0.15, -0.1) is 0 Å². The zero-order valence-corrected chi connectivity index (χ0v) is 11.0. The van der Waals surface area contributed by atoms with Crippen molar-refractivity contribution < 1.29 is 9.26 Å². The number of H-pyrrole nitrogens is 1. The maximum Gasteiger partial charge on any atom is 0.276 e. The Balaban J connectivity index is 2.02. The highest BCUT2D eigenvalue weighted by atomic mass is 16.5. The molecule has 1 aromatic carbocycles. The van der Waals surface area contributed by atoms with E-state index in [1.165, 1.54) is 0 Å². The number of hydrogen-bond acceptors (Lipinski definition) is 6. The molecule has 3 rings (SSSR count). The highest BCUT2D eigenvalue weighted by molar-refractivity contribution is 5.66. The van der Waals surface area contributed by atoms with Gasteiger partial charge in [-0.1, -0.05) is 11.2 Å². The summed E-state index contributed by atoms with van der Waals surface area (Å²) in [5.74, 6) is 1.84. The Labute approximate surface area is 114 Å². The average Bonchev–Trinajstić information content (AvgIpc) is 3.07. The van der Waals surface area contributed by atoms with Crippen molar-refractivity contribution in [3.05, 3.63) is 29.8 Å². The largest absolute Gasteiger partial charge is 0.496 e.